The molecule has 1 atom stereocenters. The van der Waals surface area contributed by atoms with Crippen molar-refractivity contribution in [1.82, 2.24) is 0 Å². The molecule has 8 nitrogen and oxygen atoms in total. The van der Waals surface area contributed by atoms with E-state index in [0.29, 0.717) is 38.0 Å². The van der Waals surface area contributed by atoms with E-state index in [1.807, 2.05) is 38.1 Å². The molecule has 0 radical (unpaired) electrons. The van der Waals surface area contributed by atoms with Crippen LogP contribution in [0, 0.1) is 20.9 Å². The third-order valence-corrected chi connectivity index (χ3v) is 7.71. The van der Waals surface area contributed by atoms with Gasteiger partial charge >= 0.3 is 0 Å². The topological polar surface area (TPSA) is 93.0 Å². The molecule has 2 aromatic rings. The minimum atomic E-state index is -1.19. The second-order valence-electron chi connectivity index (χ2n) is 10.4. The number of nitrogens with zero attached hydrogens (tertiary/aromatic N) is 3. The number of fused-ring (bicyclic) bond motifs is 4. The number of benzene rings is 2. The number of methoxy groups -OCH3 is 1. The highest BCUT2D eigenvalue weighted by molar-refractivity contribution is 6.11. The molecule has 2 fully saturated rings. The molecule has 1 spiro atoms. The molecular weight excluding hydrogens is 434 g/mol. The number of Topliss-reactive ketones (excluding diaryl/α,β-unsaturated/α-hetero) is 2. The number of nitro groups is 1. The lowest BCUT2D eigenvalue weighted by atomic mass is 9.56. The number of piperazine rings is 1. The number of non-ortho nitro benzene ring substituents is 1. The van der Waals surface area contributed by atoms with Gasteiger partial charge in [0.05, 0.1) is 18.1 Å². The third-order valence-electron chi connectivity index (χ3n) is 7.71. The largest absolute Gasteiger partial charge is 0.497 e. The molecule has 1 aliphatic carbocycles. The van der Waals surface area contributed by atoms with Crippen molar-refractivity contribution >= 4 is 28.6 Å². The summed E-state index contributed by atoms with van der Waals surface area (Å²) in [5.74, 6) is 0.682. The average molecular weight is 464 g/mol. The zero-order valence-corrected chi connectivity index (χ0v) is 19.7. The lowest BCUT2D eigenvalue weighted by molar-refractivity contribution is -0.384. The van der Waals surface area contributed by atoms with E-state index in [-0.39, 0.29) is 35.1 Å². The van der Waals surface area contributed by atoms with Crippen molar-refractivity contribution in [3.05, 3.63) is 58.1 Å². The first-order valence-corrected chi connectivity index (χ1v) is 11.6. The van der Waals surface area contributed by atoms with Gasteiger partial charge in [-0.25, -0.2) is 0 Å². The van der Waals surface area contributed by atoms with Gasteiger partial charge in [0, 0.05) is 56.0 Å². The minimum absolute atomic E-state index is 0.0137. The van der Waals surface area contributed by atoms with Gasteiger partial charge < -0.3 is 14.5 Å². The van der Waals surface area contributed by atoms with Gasteiger partial charge in [0.1, 0.15) is 22.7 Å². The van der Waals surface area contributed by atoms with Crippen LogP contribution in [0.3, 0.4) is 0 Å². The van der Waals surface area contributed by atoms with Crippen LogP contribution < -0.4 is 14.5 Å². The quantitative estimate of drug-likeness (QED) is 0.388. The molecule has 34 heavy (non-hydrogen) atoms. The van der Waals surface area contributed by atoms with Crippen molar-refractivity contribution in [3.63, 3.8) is 0 Å². The number of anilines is 2. The first kappa shape index (κ1) is 22.4. The van der Waals surface area contributed by atoms with Crippen molar-refractivity contribution in [3.8, 4) is 5.75 Å². The Hall–Kier alpha value is -3.42. The van der Waals surface area contributed by atoms with Gasteiger partial charge in [-0.05, 0) is 47.7 Å². The highest BCUT2D eigenvalue weighted by Gasteiger charge is 2.60. The predicted octanol–water partition coefficient (Wildman–Crippen LogP) is 3.80. The van der Waals surface area contributed by atoms with E-state index in [1.54, 1.807) is 19.2 Å². The Labute approximate surface area is 198 Å². The average Bonchev–Trinajstić information content (AvgIpc) is 2.81. The standard InChI is InChI=1S/C26H29N3O5/c1-25(2)14-23(30)26(24(31)15-25)13-17-12-19(29(32)33)6-9-21(17)28-11-10-27(16-22(26)28)18-4-7-20(34-3)8-5-18/h4-9,12,22H,10-11,13-16H2,1-3H3/t22-/m0/s1. The number of ether oxygens (including phenoxy) is 1. The van der Waals surface area contributed by atoms with E-state index >= 15 is 0 Å². The molecule has 2 heterocycles. The molecule has 0 N–H and O–H groups in total. The normalized spacial score (nSPS) is 22.9. The summed E-state index contributed by atoms with van der Waals surface area (Å²) in [6, 6.07) is 12.3. The highest BCUT2D eigenvalue weighted by Crippen LogP contribution is 2.51. The molecule has 5 rings (SSSR count). The van der Waals surface area contributed by atoms with Crippen LogP contribution in [-0.2, 0) is 16.0 Å². The van der Waals surface area contributed by atoms with Crippen LogP contribution in [-0.4, -0.2) is 49.3 Å². The van der Waals surface area contributed by atoms with E-state index in [4.69, 9.17) is 4.74 Å². The summed E-state index contributed by atoms with van der Waals surface area (Å²) < 4.78 is 5.28. The maximum absolute atomic E-state index is 13.8. The van der Waals surface area contributed by atoms with Crippen LogP contribution in [0.5, 0.6) is 5.75 Å². The van der Waals surface area contributed by atoms with Crippen molar-refractivity contribution in [2.75, 3.05) is 36.5 Å². The highest BCUT2D eigenvalue weighted by atomic mass is 16.6. The fourth-order valence-electron chi connectivity index (χ4n) is 6.02. The fraction of sp³-hybridized carbons (Fsp3) is 0.462. The smallest absolute Gasteiger partial charge is 0.269 e. The van der Waals surface area contributed by atoms with Crippen LogP contribution in [0.15, 0.2) is 42.5 Å². The Kier molecular flexibility index (Phi) is 5.15. The summed E-state index contributed by atoms with van der Waals surface area (Å²) in [4.78, 5) is 43.0. The van der Waals surface area contributed by atoms with Crippen LogP contribution in [0.2, 0.25) is 0 Å². The van der Waals surface area contributed by atoms with E-state index in [9.17, 15) is 19.7 Å². The van der Waals surface area contributed by atoms with Crippen LogP contribution in [0.25, 0.3) is 0 Å². The lowest BCUT2D eigenvalue weighted by Gasteiger charge is -2.56. The van der Waals surface area contributed by atoms with E-state index in [1.165, 1.54) is 6.07 Å². The molecule has 178 valence electrons. The molecule has 2 aromatic carbocycles. The van der Waals surface area contributed by atoms with Crippen molar-refractivity contribution in [1.29, 1.82) is 0 Å². The maximum atomic E-state index is 13.8. The zero-order chi connectivity index (χ0) is 24.3. The summed E-state index contributed by atoms with van der Waals surface area (Å²) in [7, 11) is 1.63. The number of rotatable bonds is 3. The van der Waals surface area contributed by atoms with Crippen LogP contribution in [0.4, 0.5) is 17.1 Å². The molecule has 0 unspecified atom stereocenters. The summed E-state index contributed by atoms with van der Waals surface area (Å²) in [5.41, 5.74) is 1.03. The molecule has 0 amide bonds. The Morgan fingerprint density at radius 2 is 1.68 bits per heavy atom. The van der Waals surface area contributed by atoms with Crippen molar-refractivity contribution < 1.29 is 19.2 Å². The molecule has 1 saturated carbocycles. The zero-order valence-electron chi connectivity index (χ0n) is 19.7. The van der Waals surface area contributed by atoms with Gasteiger partial charge in [-0.2, -0.15) is 0 Å². The predicted molar refractivity (Wildman–Crippen MR) is 129 cm³/mol. The van der Waals surface area contributed by atoms with E-state index in [2.05, 4.69) is 9.80 Å². The van der Waals surface area contributed by atoms with Crippen molar-refractivity contribution in [2.45, 2.75) is 39.2 Å². The molecule has 3 aliphatic rings. The Bertz CT molecular complexity index is 1150. The summed E-state index contributed by atoms with van der Waals surface area (Å²) in [6.07, 6.45) is 0.876. The summed E-state index contributed by atoms with van der Waals surface area (Å²) in [5, 5.41) is 11.4. The Morgan fingerprint density at radius 1 is 1.00 bits per heavy atom. The van der Waals surface area contributed by atoms with Gasteiger partial charge in [-0.1, -0.05) is 13.8 Å². The van der Waals surface area contributed by atoms with E-state index < -0.39 is 10.3 Å². The molecule has 8 heteroatoms. The van der Waals surface area contributed by atoms with Gasteiger partial charge in [0.2, 0.25) is 0 Å². The van der Waals surface area contributed by atoms with Gasteiger partial charge in [-0.15, -0.1) is 0 Å². The third kappa shape index (κ3) is 3.43. The van der Waals surface area contributed by atoms with Crippen LogP contribution >= 0.6 is 0 Å². The summed E-state index contributed by atoms with van der Waals surface area (Å²) in [6.45, 7) is 5.77. The second-order valence-corrected chi connectivity index (χ2v) is 10.4. The first-order valence-electron chi connectivity index (χ1n) is 11.6. The maximum Gasteiger partial charge on any atom is 0.269 e. The molecule has 0 aromatic heterocycles. The van der Waals surface area contributed by atoms with Crippen molar-refractivity contribution in [2.24, 2.45) is 10.8 Å². The number of hydrogen-bond acceptors (Lipinski definition) is 7. The number of hydrogen-bond donors (Lipinski definition) is 0. The second kappa shape index (κ2) is 7.82. The molecule has 0 bridgehead atoms. The molecule has 2 aliphatic heterocycles. The van der Waals surface area contributed by atoms with Crippen LogP contribution in [0.1, 0.15) is 32.3 Å². The first-order chi connectivity index (χ1) is 16.1. The number of nitro benzene ring substituents is 1. The fourth-order valence-corrected chi connectivity index (χ4v) is 6.02. The number of carbonyl (C=O) groups excluding carboxylic acids is 2. The Balaban J connectivity index is 1.59. The van der Waals surface area contributed by atoms with Gasteiger partial charge in [0.25, 0.3) is 5.69 Å². The summed E-state index contributed by atoms with van der Waals surface area (Å²) >= 11 is 0. The number of carbonyl (C=O) groups is 2. The molecule has 1 saturated heterocycles. The van der Waals surface area contributed by atoms with E-state index in [0.717, 1.165) is 17.1 Å². The lowest BCUT2D eigenvalue weighted by Crippen LogP contribution is -2.69. The van der Waals surface area contributed by atoms with Gasteiger partial charge in [0.15, 0.2) is 0 Å². The van der Waals surface area contributed by atoms with Gasteiger partial charge in [-0.3, -0.25) is 19.7 Å². The molecular formula is C26H29N3O5. The number of ketones is 2. The SMILES string of the molecule is COc1ccc(N2CCN3c4ccc([N+](=O)[O-])cc4CC4(C(=O)CC(C)(C)CC4=O)[C@@H]3C2)cc1. The minimum Gasteiger partial charge on any atom is -0.497 e. The Morgan fingerprint density at radius 3 is 2.29 bits per heavy atom. The monoisotopic (exact) mass is 463 g/mol.